The van der Waals surface area contributed by atoms with Gasteiger partial charge in [-0.15, -0.1) is 0 Å². The lowest BCUT2D eigenvalue weighted by atomic mass is 10.00. The first-order chi connectivity index (χ1) is 10.2. The first kappa shape index (κ1) is 15.7. The smallest absolute Gasteiger partial charge is 0.365 e. The zero-order chi connectivity index (χ0) is 16.7. The van der Waals surface area contributed by atoms with Crippen molar-refractivity contribution in [3.63, 3.8) is 0 Å². The van der Waals surface area contributed by atoms with Gasteiger partial charge in [0.05, 0.1) is 7.11 Å². The molecule has 1 heterocycles. The van der Waals surface area contributed by atoms with Crippen molar-refractivity contribution in [3.05, 3.63) is 41.2 Å². The van der Waals surface area contributed by atoms with Crippen molar-refractivity contribution in [2.75, 3.05) is 12.0 Å². The topological polar surface area (TPSA) is 104 Å². The van der Waals surface area contributed by atoms with E-state index in [1.807, 2.05) is 6.92 Å². The Morgan fingerprint density at radius 1 is 1.23 bits per heavy atom. The number of hydrogen-bond acceptors (Lipinski definition) is 6. The van der Waals surface area contributed by atoms with Gasteiger partial charge in [0.25, 0.3) is 11.6 Å². The molecule has 7 heteroatoms. The van der Waals surface area contributed by atoms with Crippen molar-refractivity contribution in [1.82, 2.24) is 0 Å². The molecule has 0 aliphatic carbocycles. The number of ketones is 1. The molecule has 1 amide bonds. The third kappa shape index (κ3) is 2.06. The van der Waals surface area contributed by atoms with Crippen molar-refractivity contribution in [1.29, 1.82) is 0 Å². The monoisotopic (exact) mass is 305 g/mol. The summed E-state index contributed by atoms with van der Waals surface area (Å²) in [6.45, 7) is 2.85. The molecule has 0 saturated heterocycles. The molecule has 0 bridgehead atoms. The molecule has 1 aliphatic rings. The molecule has 0 saturated carbocycles. The quantitative estimate of drug-likeness (QED) is 0.793. The van der Waals surface area contributed by atoms with E-state index in [-0.39, 0.29) is 5.69 Å². The van der Waals surface area contributed by atoms with Crippen LogP contribution in [0.15, 0.2) is 35.6 Å². The Morgan fingerprint density at radius 2 is 1.77 bits per heavy atom. The van der Waals surface area contributed by atoms with Gasteiger partial charge in [-0.05, 0) is 26.0 Å². The van der Waals surface area contributed by atoms with E-state index >= 15 is 0 Å². The number of Topliss-reactive ketones (excluding diaryl/α,β-unsaturated/α-hetero) is 1. The number of esters is 1. The number of carbonyl (C=O) groups is 3. The van der Waals surface area contributed by atoms with Crippen LogP contribution in [0.3, 0.4) is 0 Å². The van der Waals surface area contributed by atoms with Gasteiger partial charge in [0.2, 0.25) is 0 Å². The highest BCUT2D eigenvalue weighted by molar-refractivity contribution is 6.22. The second kappa shape index (κ2) is 5.27. The first-order valence-corrected chi connectivity index (χ1v) is 6.41. The summed E-state index contributed by atoms with van der Waals surface area (Å²) in [4.78, 5) is 36.6. The molecule has 0 fully saturated rings. The average molecular weight is 305 g/mol. The highest BCUT2D eigenvalue weighted by Crippen LogP contribution is 2.38. The van der Waals surface area contributed by atoms with Gasteiger partial charge in [0, 0.05) is 5.69 Å². The van der Waals surface area contributed by atoms with E-state index in [9.17, 15) is 24.6 Å². The van der Waals surface area contributed by atoms with Crippen LogP contribution in [0.4, 0.5) is 5.69 Å². The zero-order valence-electron chi connectivity index (χ0n) is 12.3. The molecule has 116 valence electrons. The van der Waals surface area contributed by atoms with Crippen molar-refractivity contribution < 1.29 is 29.3 Å². The van der Waals surface area contributed by atoms with Crippen LogP contribution in [0.5, 0.6) is 0 Å². The van der Waals surface area contributed by atoms with Crippen molar-refractivity contribution in [2.45, 2.75) is 19.6 Å². The third-order valence-corrected chi connectivity index (χ3v) is 3.43. The number of aliphatic hydroxyl groups excluding tert-OH is 1. The van der Waals surface area contributed by atoms with E-state index in [2.05, 4.69) is 4.74 Å². The van der Waals surface area contributed by atoms with Crippen LogP contribution in [0.1, 0.15) is 12.5 Å². The van der Waals surface area contributed by atoms with Crippen molar-refractivity contribution in [3.8, 4) is 0 Å². The van der Waals surface area contributed by atoms with Crippen molar-refractivity contribution >= 4 is 23.3 Å². The maximum absolute atomic E-state index is 12.2. The summed E-state index contributed by atoms with van der Waals surface area (Å²) in [6, 6.07) is 6.28. The second-order valence-corrected chi connectivity index (χ2v) is 4.92. The maximum Gasteiger partial charge on any atom is 0.365 e. The summed E-state index contributed by atoms with van der Waals surface area (Å²) in [5, 5.41) is 20.6. The first-order valence-electron chi connectivity index (χ1n) is 6.41. The largest absolute Gasteiger partial charge is 0.503 e. The number of carbonyl (C=O) groups excluding carboxylic acids is 3. The summed E-state index contributed by atoms with van der Waals surface area (Å²) in [6.07, 6.45) is 0. The van der Waals surface area contributed by atoms with Gasteiger partial charge >= 0.3 is 5.97 Å². The van der Waals surface area contributed by atoms with Gasteiger partial charge in [-0.25, -0.2) is 4.79 Å². The minimum Gasteiger partial charge on any atom is -0.503 e. The van der Waals surface area contributed by atoms with Gasteiger partial charge in [-0.1, -0.05) is 17.7 Å². The molecule has 0 radical (unpaired) electrons. The molecule has 0 aromatic heterocycles. The lowest BCUT2D eigenvalue weighted by Gasteiger charge is -2.32. The molecule has 22 heavy (non-hydrogen) atoms. The lowest BCUT2D eigenvalue weighted by molar-refractivity contribution is -0.159. The normalized spacial score (nSPS) is 21.3. The summed E-state index contributed by atoms with van der Waals surface area (Å²) in [5.41, 5.74) is -2.37. The number of ether oxygens (including phenoxy) is 1. The molecule has 2 N–H and O–H groups in total. The highest BCUT2D eigenvalue weighted by Gasteiger charge is 2.59. The number of hydrogen-bond donors (Lipinski definition) is 2. The molecular formula is C15H15NO6. The molecule has 7 nitrogen and oxygen atoms in total. The van der Waals surface area contributed by atoms with Crippen LogP contribution in [0.25, 0.3) is 0 Å². The van der Waals surface area contributed by atoms with Crippen LogP contribution in [-0.4, -0.2) is 40.7 Å². The fraction of sp³-hybridized carbons (Fsp3) is 0.267. The van der Waals surface area contributed by atoms with Gasteiger partial charge in [-0.2, -0.15) is 0 Å². The Morgan fingerprint density at radius 3 is 2.23 bits per heavy atom. The molecule has 0 unspecified atom stereocenters. The number of amides is 1. The number of aryl methyl sites for hydroxylation is 1. The summed E-state index contributed by atoms with van der Waals surface area (Å²) in [5.74, 6) is -4.08. The summed E-state index contributed by atoms with van der Waals surface area (Å²) >= 11 is 0. The number of rotatable bonds is 3. The molecule has 1 aromatic carbocycles. The van der Waals surface area contributed by atoms with E-state index in [4.69, 9.17) is 0 Å². The lowest BCUT2D eigenvalue weighted by Crippen LogP contribution is -2.56. The Hall–Kier alpha value is -2.67. The Bertz CT molecular complexity index is 690. The molecule has 1 aromatic rings. The number of anilines is 1. The highest BCUT2D eigenvalue weighted by atomic mass is 16.5. The van der Waals surface area contributed by atoms with Crippen LogP contribution < -0.4 is 4.90 Å². The summed E-state index contributed by atoms with van der Waals surface area (Å²) < 4.78 is 4.51. The molecule has 1 aliphatic heterocycles. The van der Waals surface area contributed by atoms with E-state index in [0.29, 0.717) is 4.90 Å². The standard InChI is InChI=1S/C15H15NO6/c1-8-4-6-10(7-5-8)16-13(19)12(18)11(9(2)17)15(16,21)14(20)22-3/h4-7,18,21H,1-3H3/t15-/m0/s1. The van der Waals surface area contributed by atoms with Gasteiger partial charge in [0.15, 0.2) is 11.5 Å². The van der Waals surface area contributed by atoms with E-state index in [1.54, 1.807) is 12.1 Å². The fourth-order valence-corrected chi connectivity index (χ4v) is 2.38. The Balaban J connectivity index is 2.68. The van der Waals surface area contributed by atoms with Crippen LogP contribution in [0, 0.1) is 6.92 Å². The van der Waals surface area contributed by atoms with Crippen LogP contribution in [0.2, 0.25) is 0 Å². The third-order valence-electron chi connectivity index (χ3n) is 3.43. The van der Waals surface area contributed by atoms with Gasteiger partial charge in [0.1, 0.15) is 5.57 Å². The molecule has 0 spiro atoms. The number of benzene rings is 1. The van der Waals surface area contributed by atoms with Crippen LogP contribution >= 0.6 is 0 Å². The number of methoxy groups -OCH3 is 1. The maximum atomic E-state index is 12.2. The SMILES string of the molecule is COC(=O)[C@@]1(O)C(C(C)=O)=C(O)C(=O)N1c1ccc(C)cc1. The predicted molar refractivity (Wildman–Crippen MR) is 76.0 cm³/mol. The van der Waals surface area contributed by atoms with E-state index in [1.165, 1.54) is 12.1 Å². The minimum absolute atomic E-state index is 0.145. The summed E-state index contributed by atoms with van der Waals surface area (Å²) in [7, 11) is 1.01. The molecule has 1 atom stereocenters. The van der Waals surface area contributed by atoms with E-state index < -0.39 is 34.7 Å². The minimum atomic E-state index is -2.70. The van der Waals surface area contributed by atoms with Crippen LogP contribution in [-0.2, 0) is 19.1 Å². The molecular weight excluding hydrogens is 290 g/mol. The fourth-order valence-electron chi connectivity index (χ4n) is 2.38. The average Bonchev–Trinajstić information content (AvgIpc) is 2.67. The van der Waals surface area contributed by atoms with Crippen molar-refractivity contribution in [2.24, 2.45) is 0 Å². The predicted octanol–water partition coefficient (Wildman–Crippen LogP) is 0.604. The molecule has 2 rings (SSSR count). The second-order valence-electron chi connectivity index (χ2n) is 4.92. The Kier molecular flexibility index (Phi) is 3.76. The number of aliphatic hydroxyl groups is 2. The Labute approximate surface area is 126 Å². The zero-order valence-corrected chi connectivity index (χ0v) is 12.3. The van der Waals surface area contributed by atoms with Gasteiger partial charge in [-0.3, -0.25) is 14.5 Å². The van der Waals surface area contributed by atoms with E-state index in [0.717, 1.165) is 19.6 Å². The van der Waals surface area contributed by atoms with Gasteiger partial charge < -0.3 is 14.9 Å². The number of nitrogens with zero attached hydrogens (tertiary/aromatic N) is 1.